The van der Waals surface area contributed by atoms with Gasteiger partial charge in [0, 0.05) is 32.0 Å². The van der Waals surface area contributed by atoms with Crippen LogP contribution in [-0.2, 0) is 0 Å². The van der Waals surface area contributed by atoms with Gasteiger partial charge in [0.2, 0.25) is 0 Å². The number of aliphatic hydroxyl groups excluding tert-OH is 2. The molecule has 0 amide bonds. The van der Waals surface area contributed by atoms with Gasteiger partial charge in [0.1, 0.15) is 0 Å². The fraction of sp³-hybridized carbons (Fsp3) is 0.667. The number of β-amino-alcohol motifs (C(OH)–C–C–N with tert-alkyl or cyclic N) is 2. The van der Waals surface area contributed by atoms with E-state index in [1.165, 1.54) is 0 Å². The highest BCUT2D eigenvalue weighted by Crippen LogP contribution is 2.20. The first-order valence-corrected chi connectivity index (χ1v) is 4.81. The van der Waals surface area contributed by atoms with Crippen molar-refractivity contribution in [2.24, 2.45) is 0 Å². The molecule has 0 radical (unpaired) electrons. The molecule has 2 heterocycles. The Morgan fingerprint density at radius 1 is 1.43 bits per heavy atom. The summed E-state index contributed by atoms with van der Waals surface area (Å²) in [7, 11) is 0. The molecule has 1 aromatic rings. The van der Waals surface area contributed by atoms with Gasteiger partial charge in [-0.25, -0.2) is 0 Å². The van der Waals surface area contributed by atoms with Crippen molar-refractivity contribution in [1.29, 1.82) is 0 Å². The molecule has 0 aliphatic carbocycles. The minimum atomic E-state index is -0.388. The third kappa shape index (κ3) is 1.79. The number of hydrogen-bond acceptors (Lipinski definition) is 4. The van der Waals surface area contributed by atoms with Crippen LogP contribution in [0, 0.1) is 0 Å². The van der Waals surface area contributed by atoms with Crippen molar-refractivity contribution in [2.75, 3.05) is 26.2 Å². The fourth-order valence-electron chi connectivity index (χ4n) is 1.91. The number of aliphatic hydroxyl groups is 2. The lowest BCUT2D eigenvalue weighted by Gasteiger charge is -2.14. The van der Waals surface area contributed by atoms with Gasteiger partial charge in [0.15, 0.2) is 0 Å². The van der Waals surface area contributed by atoms with E-state index in [-0.39, 0.29) is 18.8 Å². The lowest BCUT2D eigenvalue weighted by atomic mass is 10.2. The second-order valence-electron chi connectivity index (χ2n) is 3.60. The number of hydrogen-bond donors (Lipinski definition) is 2. The van der Waals surface area contributed by atoms with Crippen LogP contribution in [0.5, 0.6) is 0 Å². The second kappa shape index (κ2) is 4.08. The molecule has 1 aliphatic heterocycles. The largest absolute Gasteiger partial charge is 0.395 e. The van der Waals surface area contributed by atoms with E-state index < -0.39 is 0 Å². The SMILES string of the molecule is OCCN1CC(O)C(n2cccn2)C1. The van der Waals surface area contributed by atoms with Gasteiger partial charge in [-0.15, -0.1) is 0 Å². The molecule has 0 aromatic carbocycles. The van der Waals surface area contributed by atoms with E-state index in [2.05, 4.69) is 5.10 Å². The minimum Gasteiger partial charge on any atom is -0.395 e. The molecule has 0 spiro atoms. The van der Waals surface area contributed by atoms with Crippen molar-refractivity contribution in [3.8, 4) is 0 Å². The molecule has 0 bridgehead atoms. The summed E-state index contributed by atoms with van der Waals surface area (Å²) < 4.78 is 1.78. The van der Waals surface area contributed by atoms with Gasteiger partial charge in [0.05, 0.1) is 18.8 Å². The van der Waals surface area contributed by atoms with Gasteiger partial charge < -0.3 is 10.2 Å². The maximum absolute atomic E-state index is 9.77. The van der Waals surface area contributed by atoms with Gasteiger partial charge in [0.25, 0.3) is 0 Å². The van der Waals surface area contributed by atoms with Crippen molar-refractivity contribution in [3.05, 3.63) is 18.5 Å². The van der Waals surface area contributed by atoms with E-state index in [9.17, 15) is 5.11 Å². The van der Waals surface area contributed by atoms with Crippen LogP contribution in [0.15, 0.2) is 18.5 Å². The van der Waals surface area contributed by atoms with Crippen LogP contribution >= 0.6 is 0 Å². The summed E-state index contributed by atoms with van der Waals surface area (Å²) in [6.45, 7) is 2.13. The number of aromatic nitrogens is 2. The maximum atomic E-state index is 9.77. The number of likely N-dealkylation sites (tertiary alicyclic amines) is 1. The van der Waals surface area contributed by atoms with Crippen molar-refractivity contribution in [3.63, 3.8) is 0 Å². The van der Waals surface area contributed by atoms with Gasteiger partial charge in [-0.1, -0.05) is 0 Å². The van der Waals surface area contributed by atoms with Gasteiger partial charge in [-0.2, -0.15) is 5.10 Å². The Bertz CT molecular complexity index is 276. The average molecular weight is 197 g/mol. The first-order chi connectivity index (χ1) is 6.81. The molecule has 2 rings (SSSR count). The Morgan fingerprint density at radius 2 is 2.29 bits per heavy atom. The maximum Gasteiger partial charge on any atom is 0.0917 e. The van der Waals surface area contributed by atoms with E-state index in [0.29, 0.717) is 13.1 Å². The summed E-state index contributed by atoms with van der Waals surface area (Å²) in [5.41, 5.74) is 0. The predicted octanol–water partition coefficient (Wildman–Crippen LogP) is -0.907. The highest BCUT2D eigenvalue weighted by Gasteiger charge is 2.32. The second-order valence-corrected chi connectivity index (χ2v) is 3.60. The third-order valence-electron chi connectivity index (χ3n) is 2.62. The van der Waals surface area contributed by atoms with E-state index in [1.54, 1.807) is 10.9 Å². The Hall–Kier alpha value is -0.910. The fourth-order valence-corrected chi connectivity index (χ4v) is 1.91. The van der Waals surface area contributed by atoms with E-state index >= 15 is 0 Å². The smallest absolute Gasteiger partial charge is 0.0917 e. The Morgan fingerprint density at radius 3 is 2.93 bits per heavy atom. The van der Waals surface area contributed by atoms with Crippen LogP contribution < -0.4 is 0 Å². The van der Waals surface area contributed by atoms with Crippen LogP contribution in [0.1, 0.15) is 6.04 Å². The molecular formula is C9H15N3O2. The summed E-state index contributed by atoms with van der Waals surface area (Å²) >= 11 is 0. The number of rotatable bonds is 3. The summed E-state index contributed by atoms with van der Waals surface area (Å²) in [6.07, 6.45) is 3.18. The zero-order valence-electron chi connectivity index (χ0n) is 7.95. The lowest BCUT2D eigenvalue weighted by Crippen LogP contribution is -2.25. The van der Waals surface area contributed by atoms with Gasteiger partial charge >= 0.3 is 0 Å². The molecule has 78 valence electrons. The first kappa shape index (κ1) is 9.64. The normalized spacial score (nSPS) is 28.4. The summed E-state index contributed by atoms with van der Waals surface area (Å²) in [4.78, 5) is 2.04. The standard InChI is InChI=1S/C9H15N3O2/c13-5-4-11-6-8(9(14)7-11)12-3-1-2-10-12/h1-3,8-9,13-14H,4-7H2. The van der Waals surface area contributed by atoms with Crippen molar-refractivity contribution in [1.82, 2.24) is 14.7 Å². The molecule has 1 aliphatic rings. The zero-order valence-corrected chi connectivity index (χ0v) is 7.95. The molecule has 5 heteroatoms. The van der Waals surface area contributed by atoms with Gasteiger partial charge in [-0.05, 0) is 6.07 Å². The van der Waals surface area contributed by atoms with Crippen molar-refractivity contribution >= 4 is 0 Å². The average Bonchev–Trinajstić information content (AvgIpc) is 2.74. The lowest BCUT2D eigenvalue weighted by molar-refractivity contribution is 0.136. The Balaban J connectivity index is 2.01. The summed E-state index contributed by atoms with van der Waals surface area (Å²) in [6, 6.07) is 1.87. The summed E-state index contributed by atoms with van der Waals surface area (Å²) in [5, 5.41) is 22.7. The van der Waals surface area contributed by atoms with E-state index in [4.69, 9.17) is 5.11 Å². The molecule has 1 aromatic heterocycles. The topological polar surface area (TPSA) is 61.5 Å². The van der Waals surface area contributed by atoms with E-state index in [1.807, 2.05) is 17.2 Å². The molecular weight excluding hydrogens is 182 g/mol. The molecule has 2 unspecified atom stereocenters. The van der Waals surface area contributed by atoms with Crippen molar-refractivity contribution in [2.45, 2.75) is 12.1 Å². The monoisotopic (exact) mass is 197 g/mol. The molecule has 2 N–H and O–H groups in total. The van der Waals surface area contributed by atoms with Crippen LogP contribution in [0.3, 0.4) is 0 Å². The summed E-state index contributed by atoms with van der Waals surface area (Å²) in [5.74, 6) is 0. The minimum absolute atomic E-state index is 0.0246. The van der Waals surface area contributed by atoms with Gasteiger partial charge in [-0.3, -0.25) is 9.58 Å². The molecule has 2 atom stereocenters. The third-order valence-corrected chi connectivity index (χ3v) is 2.62. The molecule has 14 heavy (non-hydrogen) atoms. The Labute approximate surface area is 82.6 Å². The first-order valence-electron chi connectivity index (χ1n) is 4.81. The highest BCUT2D eigenvalue weighted by atomic mass is 16.3. The number of nitrogens with zero attached hydrogens (tertiary/aromatic N) is 3. The Kier molecular flexibility index (Phi) is 2.81. The zero-order chi connectivity index (χ0) is 9.97. The quantitative estimate of drug-likeness (QED) is 0.659. The van der Waals surface area contributed by atoms with E-state index in [0.717, 1.165) is 6.54 Å². The highest BCUT2D eigenvalue weighted by molar-refractivity contribution is 4.91. The van der Waals surface area contributed by atoms with Crippen LogP contribution in [-0.4, -0.2) is 57.2 Å². The van der Waals surface area contributed by atoms with Crippen LogP contribution in [0.4, 0.5) is 0 Å². The van der Waals surface area contributed by atoms with Crippen molar-refractivity contribution < 1.29 is 10.2 Å². The van der Waals surface area contributed by atoms with Crippen LogP contribution in [0.2, 0.25) is 0 Å². The molecule has 1 fully saturated rings. The molecule has 5 nitrogen and oxygen atoms in total. The molecule has 1 saturated heterocycles. The molecule has 0 saturated carbocycles. The predicted molar refractivity (Wildman–Crippen MR) is 50.8 cm³/mol. The van der Waals surface area contributed by atoms with Crippen LogP contribution in [0.25, 0.3) is 0 Å².